The molecule has 0 saturated carbocycles. The number of thiazole rings is 1. The third-order valence-corrected chi connectivity index (χ3v) is 3.90. The van der Waals surface area contributed by atoms with Gasteiger partial charge in [-0.1, -0.05) is 22.9 Å². The van der Waals surface area contributed by atoms with Crippen LogP contribution in [0.2, 0.25) is 5.02 Å². The van der Waals surface area contributed by atoms with E-state index in [0.717, 1.165) is 11.3 Å². The van der Waals surface area contributed by atoms with Crippen molar-refractivity contribution in [2.45, 2.75) is 6.92 Å². The molecular formula is C14H14Cl2N2O4S. The van der Waals surface area contributed by atoms with Crippen LogP contribution < -0.4 is 10.1 Å². The summed E-state index contributed by atoms with van der Waals surface area (Å²) in [6, 6.07) is 6.67. The molecule has 0 aliphatic rings. The van der Waals surface area contributed by atoms with Crippen LogP contribution in [0, 0.1) is 6.92 Å². The molecule has 1 N–H and O–H groups in total. The first-order valence-electron chi connectivity index (χ1n) is 6.23. The summed E-state index contributed by atoms with van der Waals surface area (Å²) in [5, 5.41) is 3.48. The zero-order valence-corrected chi connectivity index (χ0v) is 14.7. The SMILES string of the molecule is COC(=O)c1sc(NC(=O)COc2ccc(Cl)cc2)nc1C.Cl. The normalized spacial score (nSPS) is 9.70. The quantitative estimate of drug-likeness (QED) is 0.809. The third-order valence-electron chi connectivity index (χ3n) is 2.60. The number of nitrogens with one attached hydrogen (secondary N) is 1. The lowest BCUT2D eigenvalue weighted by Crippen LogP contribution is -2.20. The lowest BCUT2D eigenvalue weighted by Gasteiger charge is -2.05. The van der Waals surface area contributed by atoms with Crippen LogP contribution in [0.1, 0.15) is 15.4 Å². The second-order valence-corrected chi connectivity index (χ2v) is 5.65. The van der Waals surface area contributed by atoms with Crippen LogP contribution >= 0.6 is 35.3 Å². The van der Waals surface area contributed by atoms with Gasteiger partial charge in [0.15, 0.2) is 11.7 Å². The summed E-state index contributed by atoms with van der Waals surface area (Å²) >= 11 is 6.81. The number of carbonyl (C=O) groups is 2. The number of nitrogens with zero attached hydrogens (tertiary/aromatic N) is 1. The molecule has 0 radical (unpaired) electrons. The molecule has 23 heavy (non-hydrogen) atoms. The Balaban J connectivity index is 0.00000264. The first-order chi connectivity index (χ1) is 10.5. The van der Waals surface area contributed by atoms with Gasteiger partial charge in [0, 0.05) is 5.02 Å². The van der Waals surface area contributed by atoms with Crippen LogP contribution in [0.4, 0.5) is 5.13 Å². The molecule has 0 spiro atoms. The fourth-order valence-electron chi connectivity index (χ4n) is 1.57. The largest absolute Gasteiger partial charge is 0.484 e. The molecule has 1 heterocycles. The smallest absolute Gasteiger partial charge is 0.350 e. The maximum absolute atomic E-state index is 11.8. The van der Waals surface area contributed by atoms with Crippen LogP contribution in [0.25, 0.3) is 0 Å². The van der Waals surface area contributed by atoms with Crippen molar-refractivity contribution in [2.24, 2.45) is 0 Å². The van der Waals surface area contributed by atoms with E-state index in [2.05, 4.69) is 15.0 Å². The molecule has 0 aliphatic heterocycles. The van der Waals surface area contributed by atoms with E-state index in [4.69, 9.17) is 16.3 Å². The molecule has 9 heteroatoms. The number of hydrogen-bond acceptors (Lipinski definition) is 6. The van der Waals surface area contributed by atoms with E-state index >= 15 is 0 Å². The lowest BCUT2D eigenvalue weighted by atomic mass is 10.3. The first kappa shape index (κ1) is 19.2. The molecular weight excluding hydrogens is 363 g/mol. The Morgan fingerprint density at radius 3 is 2.57 bits per heavy atom. The van der Waals surface area contributed by atoms with E-state index in [-0.39, 0.29) is 24.9 Å². The molecule has 0 fully saturated rings. The van der Waals surface area contributed by atoms with Gasteiger partial charge in [-0.15, -0.1) is 12.4 Å². The van der Waals surface area contributed by atoms with E-state index in [0.29, 0.717) is 26.5 Å². The Morgan fingerprint density at radius 2 is 1.96 bits per heavy atom. The molecule has 0 unspecified atom stereocenters. The van der Waals surface area contributed by atoms with Gasteiger partial charge < -0.3 is 9.47 Å². The number of carbonyl (C=O) groups excluding carboxylic acids is 2. The van der Waals surface area contributed by atoms with Crippen molar-refractivity contribution >= 4 is 52.4 Å². The standard InChI is InChI=1S/C14H13ClN2O4S.ClH/c1-8-12(13(19)20-2)22-14(16-8)17-11(18)7-21-10-5-3-9(15)4-6-10;/h3-6H,7H2,1-2H3,(H,16,17,18);1H. The summed E-state index contributed by atoms with van der Waals surface area (Å²) < 4.78 is 9.95. The molecule has 0 bridgehead atoms. The van der Waals surface area contributed by atoms with E-state index in [1.165, 1.54) is 7.11 Å². The summed E-state index contributed by atoms with van der Waals surface area (Å²) in [5.41, 5.74) is 0.505. The van der Waals surface area contributed by atoms with Crippen LogP contribution in [0.15, 0.2) is 24.3 Å². The van der Waals surface area contributed by atoms with Crippen LogP contribution in [-0.4, -0.2) is 30.6 Å². The highest BCUT2D eigenvalue weighted by molar-refractivity contribution is 7.17. The van der Waals surface area contributed by atoms with Gasteiger partial charge in [-0.3, -0.25) is 10.1 Å². The van der Waals surface area contributed by atoms with Crippen molar-refractivity contribution in [3.8, 4) is 5.75 Å². The van der Waals surface area contributed by atoms with Crippen LogP contribution in [0.5, 0.6) is 5.75 Å². The van der Waals surface area contributed by atoms with Gasteiger partial charge in [0.2, 0.25) is 0 Å². The number of methoxy groups -OCH3 is 1. The number of esters is 1. The predicted octanol–water partition coefficient (Wildman–Crippen LogP) is 3.33. The minimum Gasteiger partial charge on any atom is -0.484 e. The topological polar surface area (TPSA) is 77.5 Å². The highest BCUT2D eigenvalue weighted by Crippen LogP contribution is 2.23. The summed E-state index contributed by atoms with van der Waals surface area (Å²) in [6.45, 7) is 1.50. The van der Waals surface area contributed by atoms with Crippen molar-refractivity contribution in [1.82, 2.24) is 4.98 Å². The Bertz CT molecular complexity index is 689. The van der Waals surface area contributed by atoms with Crippen molar-refractivity contribution in [1.29, 1.82) is 0 Å². The van der Waals surface area contributed by atoms with E-state index < -0.39 is 5.97 Å². The first-order valence-corrected chi connectivity index (χ1v) is 7.43. The van der Waals surface area contributed by atoms with Gasteiger partial charge in [-0.05, 0) is 31.2 Å². The summed E-state index contributed by atoms with van der Waals surface area (Å²) in [4.78, 5) is 27.7. The van der Waals surface area contributed by atoms with Gasteiger partial charge >= 0.3 is 5.97 Å². The Morgan fingerprint density at radius 1 is 1.30 bits per heavy atom. The fraction of sp³-hybridized carbons (Fsp3) is 0.214. The maximum atomic E-state index is 11.8. The molecule has 0 atom stereocenters. The molecule has 2 aromatic rings. The molecule has 0 saturated heterocycles. The van der Waals surface area contributed by atoms with Gasteiger partial charge in [-0.2, -0.15) is 0 Å². The highest BCUT2D eigenvalue weighted by atomic mass is 35.5. The van der Waals surface area contributed by atoms with Crippen LogP contribution in [0.3, 0.4) is 0 Å². The summed E-state index contributed by atoms with van der Waals surface area (Å²) in [7, 11) is 1.29. The maximum Gasteiger partial charge on any atom is 0.350 e. The Kier molecular flexibility index (Phi) is 7.28. The fourth-order valence-corrected chi connectivity index (χ4v) is 2.59. The Hall–Kier alpha value is -1.83. The monoisotopic (exact) mass is 376 g/mol. The summed E-state index contributed by atoms with van der Waals surface area (Å²) in [6.07, 6.45) is 0. The molecule has 2 rings (SSSR count). The molecule has 124 valence electrons. The number of halogens is 2. The average molecular weight is 377 g/mol. The van der Waals surface area contributed by atoms with Gasteiger partial charge in [0.05, 0.1) is 12.8 Å². The molecule has 6 nitrogen and oxygen atoms in total. The lowest BCUT2D eigenvalue weighted by molar-refractivity contribution is -0.118. The molecule has 0 aliphatic carbocycles. The zero-order valence-electron chi connectivity index (χ0n) is 12.3. The number of rotatable bonds is 5. The average Bonchev–Trinajstić information content (AvgIpc) is 2.86. The number of aromatic nitrogens is 1. The molecule has 1 aromatic heterocycles. The number of benzene rings is 1. The minimum atomic E-state index is -0.479. The summed E-state index contributed by atoms with van der Waals surface area (Å²) in [5.74, 6) is -0.321. The number of amides is 1. The molecule has 1 amide bonds. The number of hydrogen-bond donors (Lipinski definition) is 1. The highest BCUT2D eigenvalue weighted by Gasteiger charge is 2.17. The van der Waals surface area contributed by atoms with Gasteiger partial charge in [0.25, 0.3) is 5.91 Å². The second-order valence-electron chi connectivity index (χ2n) is 4.22. The predicted molar refractivity (Wildman–Crippen MR) is 91.0 cm³/mol. The van der Waals surface area contributed by atoms with E-state index in [9.17, 15) is 9.59 Å². The minimum absolute atomic E-state index is 0. The van der Waals surface area contributed by atoms with Crippen molar-refractivity contribution in [2.75, 3.05) is 19.0 Å². The number of aryl methyl sites for hydroxylation is 1. The van der Waals surface area contributed by atoms with Gasteiger partial charge in [0.1, 0.15) is 10.6 Å². The molecule has 1 aromatic carbocycles. The third kappa shape index (κ3) is 5.38. The zero-order chi connectivity index (χ0) is 16.1. The second kappa shape index (κ2) is 8.71. The van der Waals surface area contributed by atoms with Gasteiger partial charge in [-0.25, -0.2) is 9.78 Å². The number of ether oxygens (including phenoxy) is 2. The van der Waals surface area contributed by atoms with Crippen molar-refractivity contribution in [3.05, 3.63) is 39.9 Å². The number of anilines is 1. The van der Waals surface area contributed by atoms with E-state index in [1.807, 2.05) is 0 Å². The van der Waals surface area contributed by atoms with Crippen molar-refractivity contribution in [3.63, 3.8) is 0 Å². The van der Waals surface area contributed by atoms with Crippen LogP contribution in [-0.2, 0) is 9.53 Å². The Labute approximate surface area is 148 Å². The van der Waals surface area contributed by atoms with Crippen molar-refractivity contribution < 1.29 is 19.1 Å². The van der Waals surface area contributed by atoms with E-state index in [1.54, 1.807) is 31.2 Å².